The maximum absolute atomic E-state index is 12.2. The molecule has 0 aliphatic rings. The van der Waals surface area contributed by atoms with Crippen LogP contribution in [0.5, 0.6) is 0 Å². The highest BCUT2D eigenvalue weighted by Gasteiger charge is 2.18. The summed E-state index contributed by atoms with van der Waals surface area (Å²) in [5.74, 6) is -0.0846. The third kappa shape index (κ3) is 2.93. The number of carbonyl (C=O) groups is 1. The number of anilines is 1. The number of aromatic nitrogens is 1. The molecule has 2 rings (SSSR count). The fourth-order valence-electron chi connectivity index (χ4n) is 2.30. The fraction of sp³-hybridized carbons (Fsp3) is 0.467. The molecule has 0 atom stereocenters. The molecule has 0 aliphatic heterocycles. The second-order valence-corrected chi connectivity index (χ2v) is 6.07. The number of fused-ring (bicyclic) bond motifs is 1. The average molecular weight is 291 g/mol. The van der Waals surface area contributed by atoms with Crippen LogP contribution in [0.4, 0.5) is 5.69 Å². The summed E-state index contributed by atoms with van der Waals surface area (Å²) in [6.45, 7) is 6.80. The van der Waals surface area contributed by atoms with Crippen molar-refractivity contribution in [3.63, 3.8) is 0 Å². The highest BCUT2D eigenvalue weighted by atomic mass is 32.1. The number of amides is 1. The molecular weight excluding hydrogens is 270 g/mol. The van der Waals surface area contributed by atoms with Gasteiger partial charge in [0.1, 0.15) is 9.71 Å². The van der Waals surface area contributed by atoms with Gasteiger partial charge in [-0.3, -0.25) is 4.79 Å². The predicted molar refractivity (Wildman–Crippen MR) is 85.4 cm³/mol. The Balaban J connectivity index is 2.24. The SMILES string of the molecule is CCCCCNC(=O)c1sc2nc(C)cc(C)c2c1N. The van der Waals surface area contributed by atoms with E-state index >= 15 is 0 Å². The summed E-state index contributed by atoms with van der Waals surface area (Å²) in [6, 6.07) is 1.99. The summed E-state index contributed by atoms with van der Waals surface area (Å²) in [5, 5.41) is 3.85. The van der Waals surface area contributed by atoms with Gasteiger partial charge in [-0.1, -0.05) is 19.8 Å². The number of carbonyl (C=O) groups excluding carboxylic acids is 1. The molecular formula is C15H21N3OS. The van der Waals surface area contributed by atoms with Crippen molar-refractivity contribution in [3.05, 3.63) is 22.2 Å². The van der Waals surface area contributed by atoms with E-state index in [1.54, 1.807) is 0 Å². The molecule has 5 heteroatoms. The lowest BCUT2D eigenvalue weighted by Gasteiger charge is -2.03. The maximum Gasteiger partial charge on any atom is 0.263 e. The molecule has 0 aromatic carbocycles. The van der Waals surface area contributed by atoms with Crippen LogP contribution in [-0.4, -0.2) is 17.4 Å². The van der Waals surface area contributed by atoms with Gasteiger partial charge in [0.05, 0.1) is 5.69 Å². The monoisotopic (exact) mass is 291 g/mol. The Morgan fingerprint density at radius 3 is 2.85 bits per heavy atom. The summed E-state index contributed by atoms with van der Waals surface area (Å²) in [5.41, 5.74) is 8.71. The Morgan fingerprint density at radius 2 is 2.15 bits per heavy atom. The van der Waals surface area contributed by atoms with E-state index in [1.807, 2.05) is 19.9 Å². The molecule has 2 heterocycles. The lowest BCUT2D eigenvalue weighted by Crippen LogP contribution is -2.24. The van der Waals surface area contributed by atoms with Crippen LogP contribution in [0.2, 0.25) is 0 Å². The minimum atomic E-state index is -0.0846. The number of nitrogens with two attached hydrogens (primary N) is 1. The van der Waals surface area contributed by atoms with Gasteiger partial charge in [-0.15, -0.1) is 11.3 Å². The Labute approximate surface area is 123 Å². The smallest absolute Gasteiger partial charge is 0.263 e. The third-order valence-electron chi connectivity index (χ3n) is 3.30. The van der Waals surface area contributed by atoms with Gasteiger partial charge in [0.25, 0.3) is 5.91 Å². The number of hydrogen-bond acceptors (Lipinski definition) is 4. The number of nitrogen functional groups attached to an aromatic ring is 1. The molecule has 108 valence electrons. The lowest BCUT2D eigenvalue weighted by molar-refractivity contribution is 0.0958. The summed E-state index contributed by atoms with van der Waals surface area (Å²) in [4.78, 5) is 18.1. The molecule has 0 radical (unpaired) electrons. The van der Waals surface area contributed by atoms with Crippen molar-refractivity contribution < 1.29 is 4.79 Å². The summed E-state index contributed by atoms with van der Waals surface area (Å²) in [7, 11) is 0. The zero-order valence-electron chi connectivity index (χ0n) is 12.2. The van der Waals surface area contributed by atoms with Gasteiger partial charge in [-0.05, 0) is 31.9 Å². The van der Waals surface area contributed by atoms with Gasteiger partial charge in [0.2, 0.25) is 0 Å². The van der Waals surface area contributed by atoms with Crippen LogP contribution in [0.25, 0.3) is 10.2 Å². The highest BCUT2D eigenvalue weighted by molar-refractivity contribution is 7.21. The summed E-state index contributed by atoms with van der Waals surface area (Å²) < 4.78 is 0. The molecule has 0 saturated carbocycles. The molecule has 0 saturated heterocycles. The number of thiophene rings is 1. The molecule has 4 nitrogen and oxygen atoms in total. The van der Waals surface area contributed by atoms with E-state index in [0.29, 0.717) is 17.1 Å². The van der Waals surface area contributed by atoms with E-state index in [1.165, 1.54) is 11.3 Å². The van der Waals surface area contributed by atoms with Crippen molar-refractivity contribution in [1.29, 1.82) is 0 Å². The lowest BCUT2D eigenvalue weighted by atomic mass is 10.1. The van der Waals surface area contributed by atoms with Crippen LogP contribution in [0, 0.1) is 13.8 Å². The first-order chi connectivity index (χ1) is 9.54. The topological polar surface area (TPSA) is 68.0 Å². The molecule has 0 bridgehead atoms. The number of unbranched alkanes of at least 4 members (excludes halogenated alkanes) is 2. The quantitative estimate of drug-likeness (QED) is 0.829. The highest BCUT2D eigenvalue weighted by Crippen LogP contribution is 2.34. The van der Waals surface area contributed by atoms with Crippen LogP contribution in [0.1, 0.15) is 47.1 Å². The van der Waals surface area contributed by atoms with Gasteiger partial charge in [-0.25, -0.2) is 4.98 Å². The van der Waals surface area contributed by atoms with Crippen LogP contribution in [-0.2, 0) is 0 Å². The minimum Gasteiger partial charge on any atom is -0.397 e. The molecule has 0 aliphatic carbocycles. The second kappa shape index (κ2) is 6.22. The van der Waals surface area contributed by atoms with Crippen molar-refractivity contribution in [2.45, 2.75) is 40.0 Å². The van der Waals surface area contributed by atoms with E-state index < -0.39 is 0 Å². The number of pyridine rings is 1. The Morgan fingerprint density at radius 1 is 1.40 bits per heavy atom. The number of hydrogen-bond donors (Lipinski definition) is 2. The minimum absolute atomic E-state index is 0.0846. The summed E-state index contributed by atoms with van der Waals surface area (Å²) in [6.07, 6.45) is 3.27. The Hall–Kier alpha value is -1.62. The van der Waals surface area contributed by atoms with Crippen LogP contribution < -0.4 is 11.1 Å². The van der Waals surface area contributed by atoms with Crippen LogP contribution in [0.3, 0.4) is 0 Å². The summed E-state index contributed by atoms with van der Waals surface area (Å²) >= 11 is 1.38. The number of nitrogens with zero attached hydrogens (tertiary/aromatic N) is 1. The Kier molecular flexibility index (Phi) is 4.60. The molecule has 0 unspecified atom stereocenters. The standard InChI is InChI=1S/C15H21N3OS/c1-4-5-6-7-17-14(19)13-12(16)11-9(2)8-10(3)18-15(11)20-13/h8H,4-7,16H2,1-3H3,(H,17,19). The van der Waals surface area contributed by atoms with E-state index in [9.17, 15) is 4.79 Å². The predicted octanol–water partition coefficient (Wildman–Crippen LogP) is 3.42. The second-order valence-electron chi connectivity index (χ2n) is 5.07. The van der Waals surface area contributed by atoms with E-state index in [2.05, 4.69) is 17.2 Å². The van der Waals surface area contributed by atoms with Crippen molar-refractivity contribution in [2.24, 2.45) is 0 Å². The van der Waals surface area contributed by atoms with Gasteiger partial charge < -0.3 is 11.1 Å². The zero-order valence-corrected chi connectivity index (χ0v) is 13.1. The molecule has 3 N–H and O–H groups in total. The van der Waals surface area contributed by atoms with E-state index in [4.69, 9.17) is 5.73 Å². The molecule has 0 fully saturated rings. The maximum atomic E-state index is 12.2. The first-order valence-corrected chi connectivity index (χ1v) is 7.80. The largest absolute Gasteiger partial charge is 0.397 e. The fourth-order valence-corrected chi connectivity index (χ4v) is 3.43. The van der Waals surface area contributed by atoms with Crippen molar-refractivity contribution in [2.75, 3.05) is 12.3 Å². The zero-order chi connectivity index (χ0) is 14.7. The number of rotatable bonds is 5. The average Bonchev–Trinajstić information content (AvgIpc) is 2.71. The molecule has 2 aromatic rings. The van der Waals surface area contributed by atoms with Crippen LogP contribution >= 0.6 is 11.3 Å². The number of nitrogens with one attached hydrogen (secondary N) is 1. The third-order valence-corrected chi connectivity index (χ3v) is 4.39. The first-order valence-electron chi connectivity index (χ1n) is 6.99. The van der Waals surface area contributed by atoms with Gasteiger partial charge >= 0.3 is 0 Å². The molecule has 2 aromatic heterocycles. The van der Waals surface area contributed by atoms with Crippen molar-refractivity contribution in [3.8, 4) is 0 Å². The molecule has 20 heavy (non-hydrogen) atoms. The Bertz CT molecular complexity index is 634. The van der Waals surface area contributed by atoms with Crippen molar-refractivity contribution in [1.82, 2.24) is 10.3 Å². The molecule has 0 spiro atoms. The normalized spacial score (nSPS) is 10.9. The van der Waals surface area contributed by atoms with E-state index in [0.717, 1.165) is 40.7 Å². The first kappa shape index (κ1) is 14.8. The van der Waals surface area contributed by atoms with Crippen LogP contribution in [0.15, 0.2) is 6.07 Å². The molecule has 1 amide bonds. The van der Waals surface area contributed by atoms with Gasteiger partial charge in [0.15, 0.2) is 0 Å². The van der Waals surface area contributed by atoms with E-state index in [-0.39, 0.29) is 5.91 Å². The number of aryl methyl sites for hydroxylation is 2. The van der Waals surface area contributed by atoms with Crippen molar-refractivity contribution >= 4 is 33.1 Å². The van der Waals surface area contributed by atoms with Gasteiger partial charge in [0, 0.05) is 17.6 Å². The van der Waals surface area contributed by atoms with Gasteiger partial charge in [-0.2, -0.15) is 0 Å².